The minimum Gasteiger partial charge on any atom is -0.299 e. The summed E-state index contributed by atoms with van der Waals surface area (Å²) in [6.07, 6.45) is 9.95. The molecule has 0 bridgehead atoms. The molecule has 1 rings (SSSR count). The molecule has 0 aliphatic heterocycles. The van der Waals surface area contributed by atoms with E-state index in [9.17, 15) is 4.79 Å². The fourth-order valence-corrected chi connectivity index (χ4v) is 1.91. The number of ketones is 1. The van der Waals surface area contributed by atoms with Crippen LogP contribution in [0.3, 0.4) is 0 Å². The highest BCUT2D eigenvalue weighted by Crippen LogP contribution is 2.50. The monoisotopic (exact) mass is 220 g/mol. The summed E-state index contributed by atoms with van der Waals surface area (Å²) < 4.78 is 0. The van der Waals surface area contributed by atoms with E-state index >= 15 is 0 Å². The molecule has 1 fully saturated rings. The van der Waals surface area contributed by atoms with Crippen LogP contribution in [-0.2, 0) is 4.79 Å². The molecule has 1 aliphatic carbocycles. The van der Waals surface area contributed by atoms with Crippen LogP contribution in [0.15, 0.2) is 23.3 Å². The average molecular weight is 220 g/mol. The van der Waals surface area contributed by atoms with Gasteiger partial charge in [0.1, 0.15) is 5.78 Å². The molecule has 0 amide bonds. The summed E-state index contributed by atoms with van der Waals surface area (Å²) in [5.41, 5.74) is 2.85. The Bertz CT molecular complexity index is 312. The summed E-state index contributed by atoms with van der Waals surface area (Å²) in [6, 6.07) is 0. The molecule has 0 aromatic heterocycles. The molecular weight excluding hydrogens is 196 g/mol. The normalized spacial score (nSPS) is 18.1. The third-order valence-corrected chi connectivity index (χ3v) is 3.53. The second kappa shape index (κ2) is 5.47. The van der Waals surface area contributed by atoms with Gasteiger partial charge in [-0.3, -0.25) is 4.79 Å². The van der Waals surface area contributed by atoms with E-state index in [1.54, 1.807) is 6.92 Å². The Morgan fingerprint density at radius 2 is 1.75 bits per heavy atom. The van der Waals surface area contributed by atoms with E-state index in [1.807, 2.05) is 0 Å². The SMILES string of the molecule is CC(=O)C1(C/C=C(\C)CCC=C(C)C)CC1. The zero-order valence-electron chi connectivity index (χ0n) is 11.1. The first kappa shape index (κ1) is 13.2. The first-order valence-corrected chi connectivity index (χ1v) is 6.26. The van der Waals surface area contributed by atoms with Gasteiger partial charge in [0.15, 0.2) is 0 Å². The van der Waals surface area contributed by atoms with Crippen molar-refractivity contribution in [2.24, 2.45) is 5.41 Å². The van der Waals surface area contributed by atoms with Crippen molar-refractivity contribution >= 4 is 5.78 Å². The van der Waals surface area contributed by atoms with Crippen molar-refractivity contribution in [1.29, 1.82) is 0 Å². The zero-order valence-corrected chi connectivity index (χ0v) is 11.1. The van der Waals surface area contributed by atoms with Crippen molar-refractivity contribution in [2.75, 3.05) is 0 Å². The molecule has 0 radical (unpaired) electrons. The van der Waals surface area contributed by atoms with Crippen LogP contribution in [-0.4, -0.2) is 5.78 Å². The van der Waals surface area contributed by atoms with Crippen LogP contribution in [0.25, 0.3) is 0 Å². The molecule has 1 aliphatic rings. The highest BCUT2D eigenvalue weighted by atomic mass is 16.1. The van der Waals surface area contributed by atoms with Crippen molar-refractivity contribution in [1.82, 2.24) is 0 Å². The first-order valence-electron chi connectivity index (χ1n) is 6.26. The van der Waals surface area contributed by atoms with E-state index < -0.39 is 0 Å². The fourth-order valence-electron chi connectivity index (χ4n) is 1.91. The lowest BCUT2D eigenvalue weighted by Crippen LogP contribution is -2.10. The molecule has 0 atom stereocenters. The predicted molar refractivity (Wildman–Crippen MR) is 69.4 cm³/mol. The van der Waals surface area contributed by atoms with Crippen molar-refractivity contribution in [3.63, 3.8) is 0 Å². The van der Waals surface area contributed by atoms with E-state index in [4.69, 9.17) is 0 Å². The van der Waals surface area contributed by atoms with Gasteiger partial charge in [-0.1, -0.05) is 23.3 Å². The van der Waals surface area contributed by atoms with E-state index in [0.29, 0.717) is 5.78 Å². The van der Waals surface area contributed by atoms with Gasteiger partial charge < -0.3 is 0 Å². The number of hydrogen-bond donors (Lipinski definition) is 0. The number of allylic oxidation sites excluding steroid dienone is 4. The number of carbonyl (C=O) groups is 1. The van der Waals surface area contributed by atoms with Crippen LogP contribution in [0.1, 0.15) is 59.8 Å². The molecule has 0 heterocycles. The minimum atomic E-state index is 0.0395. The van der Waals surface area contributed by atoms with Crippen molar-refractivity contribution < 1.29 is 4.79 Å². The summed E-state index contributed by atoms with van der Waals surface area (Å²) in [4.78, 5) is 11.4. The van der Waals surface area contributed by atoms with Crippen molar-refractivity contribution in [3.05, 3.63) is 23.3 Å². The summed E-state index contributed by atoms with van der Waals surface area (Å²) in [6.45, 7) is 8.18. The Balaban J connectivity index is 2.34. The number of rotatable bonds is 6. The number of carbonyl (C=O) groups excluding carboxylic acids is 1. The lowest BCUT2D eigenvalue weighted by atomic mass is 9.96. The maximum absolute atomic E-state index is 11.4. The van der Waals surface area contributed by atoms with Crippen LogP contribution >= 0.6 is 0 Å². The van der Waals surface area contributed by atoms with Gasteiger partial charge in [-0.05, 0) is 59.8 Å². The van der Waals surface area contributed by atoms with Gasteiger partial charge >= 0.3 is 0 Å². The molecular formula is C15H24O. The Morgan fingerprint density at radius 3 is 2.19 bits per heavy atom. The quantitative estimate of drug-likeness (QED) is 0.605. The second-order valence-corrected chi connectivity index (χ2v) is 5.41. The Labute approximate surface area is 99.6 Å². The number of hydrogen-bond acceptors (Lipinski definition) is 1. The van der Waals surface area contributed by atoms with Gasteiger partial charge in [0.2, 0.25) is 0 Å². The number of Topliss-reactive ketones (excluding diaryl/α,β-unsaturated/α-hetero) is 1. The maximum Gasteiger partial charge on any atom is 0.136 e. The first-order chi connectivity index (χ1) is 7.46. The van der Waals surface area contributed by atoms with Crippen LogP contribution in [0.2, 0.25) is 0 Å². The largest absolute Gasteiger partial charge is 0.299 e. The Hall–Kier alpha value is -0.850. The topological polar surface area (TPSA) is 17.1 Å². The molecule has 0 aromatic carbocycles. The van der Waals surface area contributed by atoms with E-state index in [-0.39, 0.29) is 5.41 Å². The van der Waals surface area contributed by atoms with Gasteiger partial charge in [0.05, 0.1) is 0 Å². The molecule has 0 aromatic rings. The van der Waals surface area contributed by atoms with Crippen molar-refractivity contribution in [2.45, 2.75) is 59.8 Å². The van der Waals surface area contributed by atoms with Gasteiger partial charge in [0.25, 0.3) is 0 Å². The van der Waals surface area contributed by atoms with Gasteiger partial charge in [-0.2, -0.15) is 0 Å². The molecule has 90 valence electrons. The highest BCUT2D eigenvalue weighted by molar-refractivity contribution is 5.85. The summed E-state index contributed by atoms with van der Waals surface area (Å²) >= 11 is 0. The van der Waals surface area contributed by atoms with Crippen LogP contribution in [0.5, 0.6) is 0 Å². The predicted octanol–water partition coefficient (Wildman–Crippen LogP) is 4.44. The van der Waals surface area contributed by atoms with Crippen LogP contribution in [0.4, 0.5) is 0 Å². The van der Waals surface area contributed by atoms with E-state index in [2.05, 4.69) is 32.9 Å². The maximum atomic E-state index is 11.4. The molecule has 1 nitrogen and oxygen atoms in total. The second-order valence-electron chi connectivity index (χ2n) is 5.41. The molecule has 0 saturated heterocycles. The summed E-state index contributed by atoms with van der Waals surface area (Å²) in [7, 11) is 0. The van der Waals surface area contributed by atoms with Crippen molar-refractivity contribution in [3.8, 4) is 0 Å². The average Bonchev–Trinajstić information content (AvgIpc) is 2.95. The molecule has 1 heteroatoms. The Kier molecular flexibility index (Phi) is 4.52. The standard InChI is InChI=1S/C15H24O/c1-12(2)6-5-7-13(3)8-9-15(10-11-15)14(4)16/h6,8H,5,7,9-11H2,1-4H3/b13-8+. The lowest BCUT2D eigenvalue weighted by molar-refractivity contribution is -0.121. The van der Waals surface area contributed by atoms with Gasteiger partial charge in [-0.15, -0.1) is 0 Å². The zero-order chi connectivity index (χ0) is 12.2. The van der Waals surface area contributed by atoms with Crippen LogP contribution in [0, 0.1) is 5.41 Å². The third-order valence-electron chi connectivity index (χ3n) is 3.53. The fraction of sp³-hybridized carbons (Fsp3) is 0.667. The highest BCUT2D eigenvalue weighted by Gasteiger charge is 2.45. The summed E-state index contributed by atoms with van der Waals surface area (Å²) in [5, 5.41) is 0. The van der Waals surface area contributed by atoms with E-state index in [1.165, 1.54) is 11.1 Å². The van der Waals surface area contributed by atoms with Gasteiger partial charge in [-0.25, -0.2) is 0 Å². The smallest absolute Gasteiger partial charge is 0.136 e. The minimum absolute atomic E-state index is 0.0395. The molecule has 0 unspecified atom stereocenters. The van der Waals surface area contributed by atoms with Gasteiger partial charge in [0, 0.05) is 5.41 Å². The van der Waals surface area contributed by atoms with E-state index in [0.717, 1.165) is 32.1 Å². The molecule has 0 spiro atoms. The lowest BCUT2D eigenvalue weighted by Gasteiger charge is -2.08. The molecule has 1 saturated carbocycles. The third kappa shape index (κ3) is 3.96. The molecule has 0 N–H and O–H groups in total. The van der Waals surface area contributed by atoms with Crippen LogP contribution < -0.4 is 0 Å². The summed E-state index contributed by atoms with van der Waals surface area (Å²) in [5.74, 6) is 0.376. The Morgan fingerprint density at radius 1 is 1.12 bits per heavy atom. The molecule has 16 heavy (non-hydrogen) atoms.